The van der Waals surface area contributed by atoms with E-state index in [9.17, 15) is 17.6 Å². The third-order valence-electron chi connectivity index (χ3n) is 3.17. The van der Waals surface area contributed by atoms with Crippen molar-refractivity contribution in [2.24, 2.45) is 0 Å². The van der Waals surface area contributed by atoms with E-state index in [0.29, 0.717) is 6.42 Å². The highest BCUT2D eigenvalue weighted by atomic mass is 35.5. The van der Waals surface area contributed by atoms with Gasteiger partial charge in [0.1, 0.15) is 11.9 Å². The van der Waals surface area contributed by atoms with Crippen LogP contribution in [0.1, 0.15) is 13.3 Å². The smallest absolute Gasteiger partial charge is 0.243 e. The second-order valence-corrected chi connectivity index (χ2v) is 6.70. The topological polar surface area (TPSA) is 66.5 Å². The molecule has 1 saturated heterocycles. The van der Waals surface area contributed by atoms with Gasteiger partial charge in [-0.1, -0.05) is 18.5 Å². The minimum Gasteiger partial charge on any atom is -0.353 e. The normalized spacial score (nSPS) is 20.8. The second kappa shape index (κ2) is 5.67. The number of halogens is 2. The van der Waals surface area contributed by atoms with Gasteiger partial charge in [0.05, 0.1) is 9.92 Å². The predicted molar refractivity (Wildman–Crippen MR) is 72.4 cm³/mol. The number of amides is 1. The molecule has 8 heteroatoms. The number of carbonyl (C=O) groups is 1. The van der Waals surface area contributed by atoms with Crippen LogP contribution in [0.2, 0.25) is 5.02 Å². The van der Waals surface area contributed by atoms with Crippen molar-refractivity contribution in [1.82, 2.24) is 9.62 Å². The first-order valence-electron chi connectivity index (χ1n) is 6.12. The lowest BCUT2D eigenvalue weighted by Gasteiger charge is -2.33. The van der Waals surface area contributed by atoms with Gasteiger partial charge in [0.15, 0.2) is 0 Å². The summed E-state index contributed by atoms with van der Waals surface area (Å²) in [6.45, 7) is 2.17. The molecule has 1 heterocycles. The van der Waals surface area contributed by atoms with Crippen LogP contribution in [-0.4, -0.2) is 37.8 Å². The largest absolute Gasteiger partial charge is 0.353 e. The van der Waals surface area contributed by atoms with Crippen molar-refractivity contribution in [3.63, 3.8) is 0 Å². The number of benzene rings is 1. The standard InChI is InChI=1S/C12H14ClFN2O3S/c1-2-11-12(17)15-5-6-16(11)20(18,19)8-3-4-10(14)9(13)7-8/h3-4,7,11H,2,5-6H2,1H3,(H,15,17). The second-order valence-electron chi connectivity index (χ2n) is 4.41. The molecular formula is C12H14ClFN2O3S. The van der Waals surface area contributed by atoms with E-state index in [2.05, 4.69) is 5.32 Å². The minimum atomic E-state index is -3.87. The molecule has 1 amide bonds. The summed E-state index contributed by atoms with van der Waals surface area (Å²) in [6, 6.07) is 2.46. The monoisotopic (exact) mass is 320 g/mol. The molecule has 20 heavy (non-hydrogen) atoms. The zero-order valence-corrected chi connectivity index (χ0v) is 12.3. The fourth-order valence-electron chi connectivity index (χ4n) is 2.14. The highest BCUT2D eigenvalue weighted by molar-refractivity contribution is 7.89. The van der Waals surface area contributed by atoms with E-state index in [0.717, 1.165) is 22.5 Å². The summed E-state index contributed by atoms with van der Waals surface area (Å²) in [5, 5.41) is 2.36. The van der Waals surface area contributed by atoms with Crippen LogP contribution in [0, 0.1) is 5.82 Å². The van der Waals surface area contributed by atoms with E-state index in [1.165, 1.54) is 0 Å². The van der Waals surface area contributed by atoms with Crippen LogP contribution in [0.15, 0.2) is 23.1 Å². The average Bonchev–Trinajstić information content (AvgIpc) is 2.41. The lowest BCUT2D eigenvalue weighted by atomic mass is 10.2. The Morgan fingerprint density at radius 2 is 2.20 bits per heavy atom. The Bertz CT molecular complexity index is 636. The van der Waals surface area contributed by atoms with Gasteiger partial charge in [0.25, 0.3) is 0 Å². The third-order valence-corrected chi connectivity index (χ3v) is 5.36. The SMILES string of the molecule is CCC1C(=O)NCCN1S(=O)(=O)c1ccc(F)c(Cl)c1. The van der Waals surface area contributed by atoms with Crippen LogP contribution in [0.3, 0.4) is 0 Å². The molecule has 0 aromatic heterocycles. The quantitative estimate of drug-likeness (QED) is 0.915. The maximum atomic E-state index is 13.1. The van der Waals surface area contributed by atoms with Crippen LogP contribution in [0.4, 0.5) is 4.39 Å². The molecular weight excluding hydrogens is 307 g/mol. The average molecular weight is 321 g/mol. The van der Waals surface area contributed by atoms with Gasteiger partial charge in [-0.25, -0.2) is 12.8 Å². The number of nitrogens with zero attached hydrogens (tertiary/aromatic N) is 1. The van der Waals surface area contributed by atoms with Gasteiger partial charge in [-0.05, 0) is 24.6 Å². The summed E-state index contributed by atoms with van der Waals surface area (Å²) < 4.78 is 39.3. The molecule has 110 valence electrons. The number of nitrogens with one attached hydrogen (secondary N) is 1. The molecule has 1 unspecified atom stereocenters. The van der Waals surface area contributed by atoms with Gasteiger partial charge in [-0.15, -0.1) is 0 Å². The lowest BCUT2D eigenvalue weighted by Crippen LogP contribution is -2.56. The number of hydrogen-bond acceptors (Lipinski definition) is 3. The maximum absolute atomic E-state index is 13.1. The van der Waals surface area contributed by atoms with Crippen LogP contribution in [0.5, 0.6) is 0 Å². The highest BCUT2D eigenvalue weighted by Crippen LogP contribution is 2.25. The number of hydrogen-bond donors (Lipinski definition) is 1. The van der Waals surface area contributed by atoms with Gasteiger partial charge in [-0.2, -0.15) is 4.31 Å². The van der Waals surface area contributed by atoms with Gasteiger partial charge in [0.2, 0.25) is 15.9 Å². The first kappa shape index (κ1) is 15.2. The third kappa shape index (κ3) is 2.65. The van der Waals surface area contributed by atoms with Crippen LogP contribution >= 0.6 is 11.6 Å². The fourth-order valence-corrected chi connectivity index (χ4v) is 4.08. The highest BCUT2D eigenvalue weighted by Gasteiger charge is 2.37. The molecule has 2 rings (SSSR count). The molecule has 0 spiro atoms. The Morgan fingerprint density at radius 3 is 2.80 bits per heavy atom. The molecule has 0 saturated carbocycles. The summed E-state index contributed by atoms with van der Waals surface area (Å²) >= 11 is 5.62. The molecule has 1 aliphatic heterocycles. The molecule has 5 nitrogen and oxygen atoms in total. The van der Waals surface area contributed by atoms with E-state index in [4.69, 9.17) is 11.6 Å². The molecule has 1 aliphatic rings. The van der Waals surface area contributed by atoms with Gasteiger partial charge >= 0.3 is 0 Å². The summed E-state index contributed by atoms with van der Waals surface area (Å²) in [5.41, 5.74) is 0. The van der Waals surface area contributed by atoms with Gasteiger partial charge in [-0.3, -0.25) is 4.79 Å². The van der Waals surface area contributed by atoms with Crippen molar-refractivity contribution in [3.8, 4) is 0 Å². The Kier molecular flexibility index (Phi) is 4.31. The van der Waals surface area contributed by atoms with Gasteiger partial charge in [0, 0.05) is 13.1 Å². The minimum absolute atomic E-state index is 0.114. The van der Waals surface area contributed by atoms with Crippen molar-refractivity contribution in [2.75, 3.05) is 13.1 Å². The predicted octanol–water partition coefficient (Wildman–Crippen LogP) is 1.38. The molecule has 1 atom stereocenters. The lowest BCUT2D eigenvalue weighted by molar-refractivity contribution is -0.126. The molecule has 0 aliphatic carbocycles. The molecule has 0 bridgehead atoms. The van der Waals surface area contributed by atoms with Crippen LogP contribution in [0.25, 0.3) is 0 Å². The Hall–Kier alpha value is -1.18. The molecule has 1 N–H and O–H groups in total. The van der Waals surface area contributed by atoms with Crippen molar-refractivity contribution in [3.05, 3.63) is 29.0 Å². The first-order chi connectivity index (χ1) is 9.37. The van der Waals surface area contributed by atoms with E-state index < -0.39 is 21.9 Å². The molecule has 1 fully saturated rings. The Labute approximate surface area is 121 Å². The fraction of sp³-hybridized carbons (Fsp3) is 0.417. The molecule has 0 radical (unpaired) electrons. The number of carbonyl (C=O) groups excluding carboxylic acids is 1. The zero-order chi connectivity index (χ0) is 14.9. The Balaban J connectivity index is 2.42. The van der Waals surface area contributed by atoms with Crippen molar-refractivity contribution < 1.29 is 17.6 Å². The number of rotatable bonds is 3. The summed E-state index contributed by atoms with van der Waals surface area (Å²) in [5.74, 6) is -1.01. The van der Waals surface area contributed by atoms with Crippen LogP contribution in [-0.2, 0) is 14.8 Å². The van der Waals surface area contributed by atoms with Crippen molar-refractivity contribution in [2.45, 2.75) is 24.3 Å². The van der Waals surface area contributed by atoms with Crippen molar-refractivity contribution in [1.29, 1.82) is 0 Å². The first-order valence-corrected chi connectivity index (χ1v) is 7.94. The van der Waals surface area contributed by atoms with Gasteiger partial charge < -0.3 is 5.32 Å². The Morgan fingerprint density at radius 1 is 1.50 bits per heavy atom. The summed E-state index contributed by atoms with van der Waals surface area (Å²) in [7, 11) is -3.87. The van der Waals surface area contributed by atoms with E-state index in [1.807, 2.05) is 0 Å². The summed E-state index contributed by atoms with van der Waals surface area (Å²) in [6.07, 6.45) is 0.361. The van der Waals surface area contributed by atoms with E-state index in [-0.39, 0.29) is 28.9 Å². The van der Waals surface area contributed by atoms with Crippen LogP contribution < -0.4 is 5.32 Å². The van der Waals surface area contributed by atoms with E-state index in [1.54, 1.807) is 6.92 Å². The van der Waals surface area contributed by atoms with Crippen molar-refractivity contribution >= 4 is 27.5 Å². The number of sulfonamides is 1. The maximum Gasteiger partial charge on any atom is 0.243 e. The summed E-state index contributed by atoms with van der Waals surface area (Å²) in [4.78, 5) is 11.6. The number of piperazine rings is 1. The zero-order valence-electron chi connectivity index (χ0n) is 10.8. The van der Waals surface area contributed by atoms with E-state index >= 15 is 0 Å². The molecule has 1 aromatic carbocycles. The molecule has 1 aromatic rings.